The number of nitro groups is 1. The molecule has 0 unspecified atom stereocenters. The van der Waals surface area contributed by atoms with E-state index in [0.29, 0.717) is 11.4 Å². The molecule has 110 valence electrons. The van der Waals surface area contributed by atoms with Crippen LogP contribution in [0.2, 0.25) is 0 Å². The van der Waals surface area contributed by atoms with Gasteiger partial charge in [0.2, 0.25) is 5.91 Å². The van der Waals surface area contributed by atoms with Crippen LogP contribution in [0.5, 0.6) is 5.75 Å². The summed E-state index contributed by atoms with van der Waals surface area (Å²) in [5, 5.41) is 16.2. The predicted molar refractivity (Wildman–Crippen MR) is 78.8 cm³/mol. The molecule has 1 amide bonds. The summed E-state index contributed by atoms with van der Waals surface area (Å²) in [6.45, 7) is 1.85. The monoisotopic (exact) mass is 307 g/mol. The second-order valence-corrected chi connectivity index (χ2v) is 5.29. The maximum atomic E-state index is 11.9. The molecule has 0 bridgehead atoms. The number of benzene rings is 1. The molecule has 0 aliphatic rings. The Balaban J connectivity index is 2.14. The second kappa shape index (κ2) is 6.31. The van der Waals surface area contributed by atoms with Crippen LogP contribution in [0.1, 0.15) is 10.7 Å². The summed E-state index contributed by atoms with van der Waals surface area (Å²) in [5.74, 6) is 0.00314. The van der Waals surface area contributed by atoms with Gasteiger partial charge < -0.3 is 10.1 Å². The first-order chi connectivity index (χ1) is 9.99. The van der Waals surface area contributed by atoms with Crippen molar-refractivity contribution < 1.29 is 14.5 Å². The van der Waals surface area contributed by atoms with Gasteiger partial charge in [0.25, 0.3) is 5.69 Å². The fourth-order valence-electron chi connectivity index (χ4n) is 1.74. The maximum absolute atomic E-state index is 11.9. The zero-order valence-electron chi connectivity index (χ0n) is 11.5. The van der Waals surface area contributed by atoms with Gasteiger partial charge in [0.05, 0.1) is 35.2 Å². The third kappa shape index (κ3) is 3.76. The van der Waals surface area contributed by atoms with E-state index in [1.54, 1.807) is 11.4 Å². The predicted octanol–water partition coefficient (Wildman–Crippen LogP) is 2.55. The van der Waals surface area contributed by atoms with E-state index in [1.807, 2.05) is 6.92 Å². The number of hydrogen-bond acceptors (Lipinski definition) is 6. The summed E-state index contributed by atoms with van der Waals surface area (Å²) < 4.78 is 4.94. The molecule has 0 saturated carbocycles. The lowest BCUT2D eigenvalue weighted by molar-refractivity contribution is -0.384. The summed E-state index contributed by atoms with van der Waals surface area (Å²) in [6.07, 6.45) is 0.0769. The lowest BCUT2D eigenvalue weighted by Gasteiger charge is -2.06. The van der Waals surface area contributed by atoms with Gasteiger partial charge in [-0.15, -0.1) is 11.3 Å². The van der Waals surface area contributed by atoms with Crippen LogP contribution in [0, 0.1) is 17.0 Å². The topological polar surface area (TPSA) is 94.4 Å². The zero-order valence-corrected chi connectivity index (χ0v) is 12.3. The van der Waals surface area contributed by atoms with Crippen LogP contribution >= 0.6 is 11.3 Å². The number of thiazole rings is 1. The number of methoxy groups -OCH3 is 1. The Hall–Kier alpha value is -2.48. The van der Waals surface area contributed by atoms with Crippen molar-refractivity contribution in [3.05, 3.63) is 44.4 Å². The number of hydrogen-bond donors (Lipinski definition) is 1. The molecule has 1 N–H and O–H groups in total. The smallest absolute Gasteiger partial charge is 0.296 e. The molecule has 7 nitrogen and oxygen atoms in total. The van der Waals surface area contributed by atoms with Crippen LogP contribution in [0.4, 0.5) is 11.4 Å². The first-order valence-corrected chi connectivity index (χ1v) is 6.91. The number of carbonyl (C=O) groups excluding carboxylic acids is 1. The normalized spacial score (nSPS) is 10.2. The van der Waals surface area contributed by atoms with Gasteiger partial charge >= 0.3 is 0 Å². The van der Waals surface area contributed by atoms with Crippen LogP contribution in [0.3, 0.4) is 0 Å². The number of anilines is 1. The lowest BCUT2D eigenvalue weighted by Crippen LogP contribution is -2.15. The molecule has 0 aliphatic heterocycles. The van der Waals surface area contributed by atoms with E-state index in [2.05, 4.69) is 10.3 Å². The van der Waals surface area contributed by atoms with Crippen LogP contribution < -0.4 is 10.1 Å². The van der Waals surface area contributed by atoms with Crippen LogP contribution in [-0.2, 0) is 11.2 Å². The number of carbonyl (C=O) groups is 1. The van der Waals surface area contributed by atoms with Gasteiger partial charge in [0, 0.05) is 5.38 Å². The fraction of sp³-hybridized carbons (Fsp3) is 0.231. The summed E-state index contributed by atoms with van der Waals surface area (Å²) >= 11 is 1.45. The van der Waals surface area contributed by atoms with Crippen molar-refractivity contribution >= 4 is 28.6 Å². The van der Waals surface area contributed by atoms with E-state index in [-0.39, 0.29) is 23.7 Å². The third-order valence-corrected chi connectivity index (χ3v) is 3.51. The highest BCUT2D eigenvalue weighted by Gasteiger charge is 2.17. The van der Waals surface area contributed by atoms with Gasteiger partial charge in [-0.05, 0) is 19.1 Å². The van der Waals surface area contributed by atoms with Gasteiger partial charge in [-0.3, -0.25) is 14.9 Å². The molecule has 21 heavy (non-hydrogen) atoms. The minimum atomic E-state index is -0.564. The summed E-state index contributed by atoms with van der Waals surface area (Å²) in [6, 6.07) is 4.26. The molecule has 2 rings (SSSR count). The molecular formula is C13H13N3O4S. The van der Waals surface area contributed by atoms with E-state index in [9.17, 15) is 14.9 Å². The van der Waals surface area contributed by atoms with Gasteiger partial charge in [-0.2, -0.15) is 0 Å². The van der Waals surface area contributed by atoms with Gasteiger partial charge in [-0.1, -0.05) is 0 Å². The van der Waals surface area contributed by atoms with Gasteiger partial charge in [0.15, 0.2) is 0 Å². The number of amides is 1. The Kier molecular flexibility index (Phi) is 4.49. The zero-order chi connectivity index (χ0) is 15.4. The number of ether oxygens (including phenoxy) is 1. The molecule has 1 aromatic carbocycles. The Bertz CT molecular complexity index is 684. The van der Waals surface area contributed by atoms with Crippen LogP contribution in [0.25, 0.3) is 0 Å². The first-order valence-electron chi connectivity index (χ1n) is 6.03. The number of rotatable bonds is 5. The summed E-state index contributed by atoms with van der Waals surface area (Å²) in [5.41, 5.74) is 0.570. The van der Waals surface area contributed by atoms with E-state index in [4.69, 9.17) is 4.74 Å². The molecule has 0 aliphatic carbocycles. The van der Waals surface area contributed by atoms with Gasteiger partial charge in [-0.25, -0.2) is 4.98 Å². The summed E-state index contributed by atoms with van der Waals surface area (Å²) in [4.78, 5) is 26.6. The molecule has 1 aromatic heterocycles. The van der Waals surface area contributed by atoms with Crippen molar-refractivity contribution in [2.24, 2.45) is 0 Å². The molecule has 0 radical (unpaired) electrons. The second-order valence-electron chi connectivity index (χ2n) is 4.22. The molecule has 8 heteroatoms. The Morgan fingerprint density at radius 3 is 2.86 bits per heavy atom. The van der Waals surface area contributed by atoms with E-state index < -0.39 is 4.92 Å². The molecule has 0 saturated heterocycles. The maximum Gasteiger partial charge on any atom is 0.296 e. The Labute approximate surface area is 124 Å². The van der Waals surface area contributed by atoms with E-state index in [0.717, 1.165) is 5.01 Å². The van der Waals surface area contributed by atoms with E-state index in [1.165, 1.54) is 30.6 Å². The van der Waals surface area contributed by atoms with Crippen molar-refractivity contribution in [1.82, 2.24) is 4.98 Å². The molecule has 1 heterocycles. The van der Waals surface area contributed by atoms with Crippen molar-refractivity contribution in [2.75, 3.05) is 12.4 Å². The van der Waals surface area contributed by atoms with Crippen molar-refractivity contribution in [3.63, 3.8) is 0 Å². The molecule has 2 aromatic rings. The number of nitrogens with one attached hydrogen (secondary N) is 1. The third-order valence-electron chi connectivity index (χ3n) is 2.68. The quantitative estimate of drug-likeness (QED) is 0.676. The Morgan fingerprint density at radius 2 is 2.29 bits per heavy atom. The highest BCUT2D eigenvalue weighted by atomic mass is 32.1. The van der Waals surface area contributed by atoms with Crippen molar-refractivity contribution in [3.8, 4) is 5.75 Å². The molecule has 0 fully saturated rings. The highest BCUT2D eigenvalue weighted by Crippen LogP contribution is 2.29. The fourth-order valence-corrected chi connectivity index (χ4v) is 2.36. The van der Waals surface area contributed by atoms with Gasteiger partial charge in [0.1, 0.15) is 11.4 Å². The minimum Gasteiger partial charge on any atom is -0.496 e. The number of nitrogens with zero attached hydrogens (tertiary/aromatic N) is 2. The standard InChI is InChI=1S/C13H13N3O4S/c1-8-14-9(7-21-8)5-13(17)15-11-4-3-10(20-2)6-12(11)16(18)19/h3-4,6-7H,5H2,1-2H3,(H,15,17). The number of aromatic nitrogens is 1. The molecular weight excluding hydrogens is 294 g/mol. The first kappa shape index (κ1) is 14.9. The molecule has 0 spiro atoms. The van der Waals surface area contributed by atoms with Crippen molar-refractivity contribution in [2.45, 2.75) is 13.3 Å². The largest absolute Gasteiger partial charge is 0.496 e. The number of nitro benzene ring substituents is 1. The average molecular weight is 307 g/mol. The van der Waals surface area contributed by atoms with E-state index >= 15 is 0 Å². The minimum absolute atomic E-state index is 0.0769. The summed E-state index contributed by atoms with van der Waals surface area (Å²) in [7, 11) is 1.42. The Morgan fingerprint density at radius 1 is 1.52 bits per heavy atom. The highest BCUT2D eigenvalue weighted by molar-refractivity contribution is 7.09. The van der Waals surface area contributed by atoms with Crippen LogP contribution in [-0.4, -0.2) is 22.9 Å². The SMILES string of the molecule is COc1ccc(NC(=O)Cc2csc(C)n2)c([N+](=O)[O-])c1. The van der Waals surface area contributed by atoms with Crippen LogP contribution in [0.15, 0.2) is 23.6 Å². The molecule has 0 atom stereocenters. The van der Waals surface area contributed by atoms with Crippen molar-refractivity contribution in [1.29, 1.82) is 0 Å². The lowest BCUT2D eigenvalue weighted by atomic mass is 10.2. The number of aryl methyl sites for hydroxylation is 1. The average Bonchev–Trinajstić information content (AvgIpc) is 2.84.